The molecule has 3 N–H and O–H groups in total. The van der Waals surface area contributed by atoms with Crippen molar-refractivity contribution in [2.75, 3.05) is 52.7 Å². The van der Waals surface area contributed by atoms with Gasteiger partial charge in [0.05, 0.1) is 13.2 Å². The molecule has 0 aromatic heterocycles. The number of phosphoric ester groups is 1. The summed E-state index contributed by atoms with van der Waals surface area (Å²) in [7, 11) is -7.39. The fourth-order valence-corrected chi connectivity index (χ4v) is 9.25. The van der Waals surface area contributed by atoms with Crippen molar-refractivity contribution in [3.8, 4) is 0 Å². The minimum Gasteiger partial charge on any atom is -0.462 e. The lowest BCUT2D eigenvalue weighted by Crippen LogP contribution is -2.46. The van der Waals surface area contributed by atoms with Gasteiger partial charge in [0.25, 0.3) is 0 Å². The number of rotatable bonds is 40. The van der Waals surface area contributed by atoms with Crippen LogP contribution >= 0.6 is 7.82 Å². The summed E-state index contributed by atoms with van der Waals surface area (Å²) >= 11 is 0. The largest absolute Gasteiger partial charge is 0.500 e. The molecule has 0 aromatic carbocycles. The van der Waals surface area contributed by atoms with Gasteiger partial charge >= 0.3 is 34.6 Å². The van der Waals surface area contributed by atoms with Gasteiger partial charge in [-0.2, -0.15) is 0 Å². The Hall–Kier alpha value is -1.58. The van der Waals surface area contributed by atoms with Gasteiger partial charge in [0.15, 0.2) is 6.10 Å². The predicted octanol–water partition coefficient (Wildman–Crippen LogP) is 9.15. The fourth-order valence-electron chi connectivity index (χ4n) is 5.89. The van der Waals surface area contributed by atoms with Crippen molar-refractivity contribution in [1.29, 1.82) is 0 Å². The van der Waals surface area contributed by atoms with Crippen LogP contribution in [0.5, 0.6) is 0 Å². The molecule has 0 saturated heterocycles. The van der Waals surface area contributed by atoms with Crippen LogP contribution in [0.15, 0.2) is 0 Å². The van der Waals surface area contributed by atoms with Gasteiger partial charge in [-0.3, -0.25) is 18.6 Å². The number of nitrogens with one attached hydrogen (secondary N) is 2. The Balaban J connectivity index is 4.71. The number of esters is 2. The van der Waals surface area contributed by atoms with Gasteiger partial charge in [-0.1, -0.05) is 117 Å². The third-order valence-electron chi connectivity index (χ3n) is 8.80. The Morgan fingerprint density at radius 2 is 1.04 bits per heavy atom. The highest BCUT2D eigenvalue weighted by Crippen LogP contribution is 2.43. The smallest absolute Gasteiger partial charge is 0.462 e. The topological polar surface area (TPSA) is 177 Å². The second-order valence-electron chi connectivity index (χ2n) is 13.8. The standard InChI is InChI=1S/C39H79N2O12PSi/c1-6-11-13-15-17-19-21-23-25-28-37(42)47-34-36(53-38(43)29-26-24-22-20-18-16-14-12-7-2)35-49-54(45,46)48-32-31-41-39(44)40-30-27-33-55(50-8-3,51-9-4)52-10-5/h36H,6-35H2,1-5H3,(H,45,46)(H2,40,41,44)/t36-/m1/s1. The lowest BCUT2D eigenvalue weighted by atomic mass is 10.1. The number of unbranched alkanes of at least 4 members (excludes halogenated alkanes) is 16. The number of urea groups is 1. The summed E-state index contributed by atoms with van der Waals surface area (Å²) in [5.41, 5.74) is 0. The first-order valence-electron chi connectivity index (χ1n) is 21.5. The highest BCUT2D eigenvalue weighted by Gasteiger charge is 2.39. The Bertz CT molecular complexity index is 979. The zero-order valence-electron chi connectivity index (χ0n) is 35.2. The maximum absolute atomic E-state index is 12.6. The maximum Gasteiger partial charge on any atom is 0.500 e. The van der Waals surface area contributed by atoms with Gasteiger partial charge in [-0.05, 0) is 40.0 Å². The van der Waals surface area contributed by atoms with Crippen molar-refractivity contribution in [2.24, 2.45) is 0 Å². The van der Waals surface area contributed by atoms with E-state index in [0.717, 1.165) is 38.5 Å². The van der Waals surface area contributed by atoms with Gasteiger partial charge in [0, 0.05) is 51.8 Å². The molecule has 55 heavy (non-hydrogen) atoms. The molecule has 1 unspecified atom stereocenters. The van der Waals surface area contributed by atoms with Crippen molar-refractivity contribution in [1.82, 2.24) is 10.6 Å². The normalized spacial score (nSPS) is 13.3. The van der Waals surface area contributed by atoms with Gasteiger partial charge in [-0.25, -0.2) is 9.36 Å². The van der Waals surface area contributed by atoms with Crippen molar-refractivity contribution >= 4 is 34.6 Å². The third-order valence-corrected chi connectivity index (χ3v) is 12.9. The number of hydrogen-bond acceptors (Lipinski definition) is 11. The number of carbonyl (C=O) groups is 3. The van der Waals surface area contributed by atoms with Crippen molar-refractivity contribution < 1.29 is 55.6 Å². The molecule has 16 heteroatoms. The molecule has 0 heterocycles. The average Bonchev–Trinajstić information content (AvgIpc) is 3.15. The molecule has 0 aromatic rings. The Morgan fingerprint density at radius 3 is 1.53 bits per heavy atom. The summed E-state index contributed by atoms with van der Waals surface area (Å²) in [5.74, 6) is -0.910. The van der Waals surface area contributed by atoms with E-state index >= 15 is 0 Å². The molecule has 0 aliphatic carbocycles. The van der Waals surface area contributed by atoms with Crippen LogP contribution in [0.3, 0.4) is 0 Å². The fraction of sp³-hybridized carbons (Fsp3) is 0.923. The van der Waals surface area contributed by atoms with Gasteiger partial charge in [0.1, 0.15) is 6.61 Å². The van der Waals surface area contributed by atoms with Gasteiger partial charge in [0.2, 0.25) is 0 Å². The summed E-state index contributed by atoms with van der Waals surface area (Å²) in [6, 6.07) is 0.0716. The van der Waals surface area contributed by atoms with E-state index in [-0.39, 0.29) is 32.6 Å². The first-order chi connectivity index (χ1) is 26.6. The molecule has 14 nitrogen and oxygen atoms in total. The van der Waals surface area contributed by atoms with E-state index in [1.54, 1.807) is 0 Å². The molecule has 326 valence electrons. The highest BCUT2D eigenvalue weighted by atomic mass is 31.2. The SMILES string of the molecule is CCCCCCCCCCCC(=O)OC[C@H](COP(=O)(O)OCCNC(=O)NCCC[Si](OCC)(OCC)OCC)OC(=O)CCCCCCCCCCC. The molecule has 0 radical (unpaired) electrons. The summed E-state index contributed by atoms with van der Waals surface area (Å²) in [5, 5.41) is 5.28. The van der Waals surface area contributed by atoms with Crippen LogP contribution in [-0.2, 0) is 46.0 Å². The molecule has 0 aliphatic rings. The van der Waals surface area contributed by atoms with Gasteiger partial charge in [-0.15, -0.1) is 0 Å². The Labute approximate surface area is 334 Å². The molecule has 0 spiro atoms. The summed E-state index contributed by atoms with van der Waals surface area (Å²) < 4.78 is 51.1. The predicted molar refractivity (Wildman–Crippen MR) is 218 cm³/mol. The van der Waals surface area contributed by atoms with E-state index in [1.807, 2.05) is 20.8 Å². The quantitative estimate of drug-likeness (QED) is 0.0231. The van der Waals surface area contributed by atoms with E-state index in [1.165, 1.54) is 64.2 Å². The average molecular weight is 827 g/mol. The molecular weight excluding hydrogens is 747 g/mol. The molecule has 0 aliphatic heterocycles. The van der Waals surface area contributed by atoms with Crippen LogP contribution in [0.25, 0.3) is 0 Å². The number of phosphoric acid groups is 1. The zero-order chi connectivity index (χ0) is 40.9. The number of amides is 2. The van der Waals surface area contributed by atoms with Crippen LogP contribution in [0.2, 0.25) is 6.04 Å². The summed E-state index contributed by atoms with van der Waals surface area (Å²) in [6.07, 6.45) is 20.0. The molecule has 0 fully saturated rings. The van der Waals surface area contributed by atoms with Crippen molar-refractivity contribution in [3.05, 3.63) is 0 Å². The van der Waals surface area contributed by atoms with E-state index in [0.29, 0.717) is 51.7 Å². The number of ether oxygens (including phenoxy) is 2. The Kier molecular flexibility index (Phi) is 35.7. The zero-order valence-corrected chi connectivity index (χ0v) is 37.1. The second kappa shape index (κ2) is 36.7. The maximum atomic E-state index is 12.6. The van der Waals surface area contributed by atoms with Crippen LogP contribution in [0.1, 0.15) is 169 Å². The number of carbonyl (C=O) groups excluding carboxylic acids is 3. The van der Waals surface area contributed by atoms with E-state index in [2.05, 4.69) is 24.5 Å². The molecule has 0 saturated carbocycles. The van der Waals surface area contributed by atoms with Crippen LogP contribution < -0.4 is 10.6 Å². The van der Waals surface area contributed by atoms with Crippen LogP contribution in [0, 0.1) is 0 Å². The Morgan fingerprint density at radius 1 is 0.582 bits per heavy atom. The van der Waals surface area contributed by atoms with E-state index < -0.39 is 47.3 Å². The molecule has 2 atom stereocenters. The monoisotopic (exact) mass is 827 g/mol. The molecule has 2 amide bonds. The summed E-state index contributed by atoms with van der Waals surface area (Å²) in [4.78, 5) is 47.6. The van der Waals surface area contributed by atoms with Crippen molar-refractivity contribution in [2.45, 2.75) is 182 Å². The van der Waals surface area contributed by atoms with Crippen LogP contribution in [-0.4, -0.2) is 90.5 Å². The van der Waals surface area contributed by atoms with Crippen LogP contribution in [0.4, 0.5) is 4.79 Å². The second-order valence-corrected chi connectivity index (χ2v) is 18.0. The lowest BCUT2D eigenvalue weighted by Gasteiger charge is -2.28. The minimum absolute atomic E-state index is 0.0666. The molecule has 0 bridgehead atoms. The molecular formula is C39H79N2O12PSi. The van der Waals surface area contributed by atoms with E-state index in [4.69, 9.17) is 31.8 Å². The first kappa shape index (κ1) is 53.4. The third kappa shape index (κ3) is 33.1. The lowest BCUT2D eigenvalue weighted by molar-refractivity contribution is -0.161. The summed E-state index contributed by atoms with van der Waals surface area (Å²) in [6.45, 7) is 10.6. The van der Waals surface area contributed by atoms with E-state index in [9.17, 15) is 23.8 Å². The highest BCUT2D eigenvalue weighted by molar-refractivity contribution is 7.47. The van der Waals surface area contributed by atoms with Crippen molar-refractivity contribution in [3.63, 3.8) is 0 Å². The number of hydrogen-bond donors (Lipinski definition) is 3. The van der Waals surface area contributed by atoms with Gasteiger partial charge < -0.3 is 38.3 Å². The first-order valence-corrected chi connectivity index (χ1v) is 24.9. The molecule has 0 rings (SSSR count). The minimum atomic E-state index is -4.58.